The van der Waals surface area contributed by atoms with Crippen molar-refractivity contribution in [3.63, 3.8) is 0 Å². The standard InChI is InChI=1S/C13H7BrF4O/c14-9-3-8(4-10(19)6-9)7-1-2-12(15)11(5-7)13(16,17)18/h1-6,19H. The zero-order chi connectivity index (χ0) is 14.2. The highest BCUT2D eigenvalue weighted by molar-refractivity contribution is 9.10. The van der Waals surface area contributed by atoms with Gasteiger partial charge in [0.25, 0.3) is 0 Å². The first-order chi connectivity index (χ1) is 8.77. The molecule has 0 aromatic heterocycles. The minimum Gasteiger partial charge on any atom is -0.508 e. The van der Waals surface area contributed by atoms with Crippen molar-refractivity contribution >= 4 is 15.9 Å². The summed E-state index contributed by atoms with van der Waals surface area (Å²) in [6, 6.07) is 6.95. The Hall–Kier alpha value is -1.56. The molecule has 19 heavy (non-hydrogen) atoms. The second-order valence-electron chi connectivity index (χ2n) is 3.89. The Balaban J connectivity index is 2.58. The van der Waals surface area contributed by atoms with E-state index >= 15 is 0 Å². The highest BCUT2D eigenvalue weighted by Crippen LogP contribution is 2.35. The molecule has 0 fully saturated rings. The third kappa shape index (κ3) is 3.07. The fourth-order valence-corrected chi connectivity index (χ4v) is 2.14. The van der Waals surface area contributed by atoms with Gasteiger partial charge in [-0.1, -0.05) is 22.0 Å². The lowest BCUT2D eigenvalue weighted by Crippen LogP contribution is -2.08. The lowest BCUT2D eigenvalue weighted by molar-refractivity contribution is -0.139. The molecular formula is C13H7BrF4O. The largest absolute Gasteiger partial charge is 0.508 e. The van der Waals surface area contributed by atoms with Crippen molar-refractivity contribution in [2.75, 3.05) is 0 Å². The summed E-state index contributed by atoms with van der Waals surface area (Å²) in [6.45, 7) is 0. The van der Waals surface area contributed by atoms with Gasteiger partial charge >= 0.3 is 6.18 Å². The maximum atomic E-state index is 13.2. The van der Waals surface area contributed by atoms with Crippen molar-refractivity contribution < 1.29 is 22.7 Å². The lowest BCUT2D eigenvalue weighted by atomic mass is 10.0. The molecule has 0 amide bonds. The first-order valence-corrected chi connectivity index (χ1v) is 5.93. The zero-order valence-electron chi connectivity index (χ0n) is 9.30. The van der Waals surface area contributed by atoms with E-state index in [0.29, 0.717) is 10.0 Å². The maximum Gasteiger partial charge on any atom is 0.419 e. The van der Waals surface area contributed by atoms with Gasteiger partial charge in [0.2, 0.25) is 0 Å². The van der Waals surface area contributed by atoms with Gasteiger partial charge in [0.1, 0.15) is 11.6 Å². The third-order valence-corrected chi connectivity index (χ3v) is 2.95. The molecule has 2 aromatic carbocycles. The molecule has 2 rings (SSSR count). The quantitative estimate of drug-likeness (QED) is 0.729. The fourth-order valence-electron chi connectivity index (χ4n) is 1.66. The molecule has 1 N–H and O–H groups in total. The zero-order valence-corrected chi connectivity index (χ0v) is 10.9. The minimum absolute atomic E-state index is 0.0951. The maximum absolute atomic E-state index is 13.2. The molecule has 2 aromatic rings. The number of benzene rings is 2. The molecule has 0 saturated heterocycles. The monoisotopic (exact) mass is 334 g/mol. The minimum atomic E-state index is -4.76. The molecule has 0 saturated carbocycles. The first-order valence-electron chi connectivity index (χ1n) is 5.14. The average Bonchev–Trinajstić information content (AvgIpc) is 2.26. The molecule has 0 bridgehead atoms. The second kappa shape index (κ2) is 4.85. The van der Waals surface area contributed by atoms with Crippen LogP contribution >= 0.6 is 15.9 Å². The van der Waals surface area contributed by atoms with E-state index in [2.05, 4.69) is 15.9 Å². The Bertz CT molecular complexity index is 602. The van der Waals surface area contributed by atoms with E-state index in [1.807, 2.05) is 0 Å². The van der Waals surface area contributed by atoms with Crippen LogP contribution < -0.4 is 0 Å². The van der Waals surface area contributed by atoms with Crippen molar-refractivity contribution in [2.45, 2.75) is 6.18 Å². The van der Waals surface area contributed by atoms with Crippen LogP contribution in [-0.2, 0) is 6.18 Å². The normalized spacial score (nSPS) is 11.6. The topological polar surface area (TPSA) is 20.2 Å². The Labute approximate surface area is 114 Å². The van der Waals surface area contributed by atoms with Crippen LogP contribution in [0, 0.1) is 5.82 Å². The van der Waals surface area contributed by atoms with Gasteiger partial charge < -0.3 is 5.11 Å². The number of hydrogen-bond donors (Lipinski definition) is 1. The number of halogens is 5. The third-order valence-electron chi connectivity index (χ3n) is 2.49. The highest BCUT2D eigenvalue weighted by atomic mass is 79.9. The van der Waals surface area contributed by atoms with E-state index in [1.54, 1.807) is 0 Å². The van der Waals surface area contributed by atoms with Crippen LogP contribution in [0.25, 0.3) is 11.1 Å². The number of aromatic hydroxyl groups is 1. The summed E-state index contributed by atoms with van der Waals surface area (Å²) in [5.74, 6) is -1.42. The molecule has 0 aliphatic heterocycles. The van der Waals surface area contributed by atoms with Crippen LogP contribution in [-0.4, -0.2) is 5.11 Å². The number of alkyl halides is 3. The molecule has 100 valence electrons. The van der Waals surface area contributed by atoms with Crippen LogP contribution in [0.2, 0.25) is 0 Å². The molecule has 0 aliphatic rings. The number of hydrogen-bond acceptors (Lipinski definition) is 1. The number of rotatable bonds is 1. The van der Waals surface area contributed by atoms with E-state index in [1.165, 1.54) is 24.3 Å². The van der Waals surface area contributed by atoms with Crippen LogP contribution in [0.5, 0.6) is 5.75 Å². The molecule has 0 atom stereocenters. The van der Waals surface area contributed by atoms with Gasteiger partial charge in [-0.3, -0.25) is 0 Å². The summed E-state index contributed by atoms with van der Waals surface area (Å²) < 4.78 is 51.5. The fraction of sp³-hybridized carbons (Fsp3) is 0.0769. The second-order valence-corrected chi connectivity index (χ2v) is 4.81. The van der Waals surface area contributed by atoms with Gasteiger partial charge in [0.05, 0.1) is 5.56 Å². The summed E-state index contributed by atoms with van der Waals surface area (Å²) in [5.41, 5.74) is -0.799. The summed E-state index contributed by atoms with van der Waals surface area (Å²) in [5, 5.41) is 9.41. The predicted molar refractivity (Wildman–Crippen MR) is 66.2 cm³/mol. The van der Waals surface area contributed by atoms with Crippen LogP contribution in [0.15, 0.2) is 40.9 Å². The van der Waals surface area contributed by atoms with Gasteiger partial charge in [0.15, 0.2) is 0 Å². The van der Waals surface area contributed by atoms with Crippen LogP contribution in [0.3, 0.4) is 0 Å². The van der Waals surface area contributed by atoms with E-state index in [9.17, 15) is 22.7 Å². The van der Waals surface area contributed by atoms with E-state index in [0.717, 1.165) is 12.1 Å². The molecule has 0 radical (unpaired) electrons. The lowest BCUT2D eigenvalue weighted by Gasteiger charge is -2.10. The van der Waals surface area contributed by atoms with Gasteiger partial charge in [-0.05, 0) is 41.5 Å². The molecule has 1 nitrogen and oxygen atoms in total. The molecule has 6 heteroatoms. The van der Waals surface area contributed by atoms with E-state index in [4.69, 9.17) is 0 Å². The van der Waals surface area contributed by atoms with Crippen molar-refractivity contribution in [2.24, 2.45) is 0 Å². The van der Waals surface area contributed by atoms with Crippen molar-refractivity contribution in [3.05, 3.63) is 52.3 Å². The smallest absolute Gasteiger partial charge is 0.419 e. The number of phenolic OH excluding ortho intramolecular Hbond substituents is 1. The summed E-state index contributed by atoms with van der Waals surface area (Å²) in [6.07, 6.45) is -4.76. The highest BCUT2D eigenvalue weighted by Gasteiger charge is 2.34. The Morgan fingerprint density at radius 2 is 1.63 bits per heavy atom. The van der Waals surface area contributed by atoms with Gasteiger partial charge in [-0.2, -0.15) is 13.2 Å². The molecule has 0 aliphatic carbocycles. The predicted octanol–water partition coefficient (Wildman–Crippen LogP) is 4.98. The number of phenols is 1. The van der Waals surface area contributed by atoms with Crippen LogP contribution in [0.4, 0.5) is 17.6 Å². The van der Waals surface area contributed by atoms with Crippen molar-refractivity contribution in [3.8, 4) is 16.9 Å². The summed E-state index contributed by atoms with van der Waals surface area (Å²) in [7, 11) is 0. The van der Waals surface area contributed by atoms with E-state index < -0.39 is 17.6 Å². The Morgan fingerprint density at radius 3 is 2.21 bits per heavy atom. The van der Waals surface area contributed by atoms with Gasteiger partial charge in [0, 0.05) is 4.47 Å². The van der Waals surface area contributed by atoms with E-state index in [-0.39, 0.29) is 11.3 Å². The van der Waals surface area contributed by atoms with Crippen molar-refractivity contribution in [1.82, 2.24) is 0 Å². The SMILES string of the molecule is Oc1cc(Br)cc(-c2ccc(F)c(C(F)(F)F)c2)c1. The van der Waals surface area contributed by atoms with Gasteiger partial charge in [-0.25, -0.2) is 4.39 Å². The molecule has 0 spiro atoms. The molecule has 0 unspecified atom stereocenters. The van der Waals surface area contributed by atoms with Gasteiger partial charge in [-0.15, -0.1) is 0 Å². The molecular weight excluding hydrogens is 328 g/mol. The van der Waals surface area contributed by atoms with Crippen LogP contribution in [0.1, 0.15) is 5.56 Å². The summed E-state index contributed by atoms with van der Waals surface area (Å²) >= 11 is 3.13. The average molecular weight is 335 g/mol. The Kier molecular flexibility index (Phi) is 3.54. The first kappa shape index (κ1) is 13.9. The van der Waals surface area contributed by atoms with Crippen molar-refractivity contribution in [1.29, 1.82) is 0 Å². The summed E-state index contributed by atoms with van der Waals surface area (Å²) in [4.78, 5) is 0. The Morgan fingerprint density at radius 1 is 0.947 bits per heavy atom. The molecule has 0 heterocycles.